The molecule has 0 rings (SSSR count). The van der Waals surface area contributed by atoms with E-state index < -0.39 is 6.10 Å². The third kappa shape index (κ3) is 47.6. The van der Waals surface area contributed by atoms with E-state index >= 15 is 0 Å². The zero-order valence-corrected chi connectivity index (χ0v) is 37.3. The number of esters is 1. The van der Waals surface area contributed by atoms with E-state index in [1.807, 2.05) is 0 Å². The molecule has 0 aliphatic carbocycles. The van der Waals surface area contributed by atoms with Gasteiger partial charge in [0.1, 0.15) is 6.10 Å². The molecule has 0 aliphatic heterocycles. The smallest absolute Gasteiger partial charge is 0.306 e. The summed E-state index contributed by atoms with van der Waals surface area (Å²) in [4.78, 5) is 12.2. The van der Waals surface area contributed by atoms with E-state index in [0.29, 0.717) is 13.0 Å². The van der Waals surface area contributed by atoms with Gasteiger partial charge in [0.25, 0.3) is 0 Å². The minimum Gasteiger partial charge on any atom is -0.457 e. The van der Waals surface area contributed by atoms with Gasteiger partial charge in [-0.2, -0.15) is 0 Å². The Morgan fingerprint density at radius 3 is 1.19 bits per heavy atom. The number of hydrogen-bond donors (Lipinski definition) is 1. The Labute approximate surface area is 353 Å². The van der Waals surface area contributed by atoms with Gasteiger partial charge in [-0.25, -0.2) is 0 Å². The van der Waals surface area contributed by atoms with E-state index in [2.05, 4.69) is 111 Å². The van der Waals surface area contributed by atoms with Gasteiger partial charge in [-0.05, 0) is 96.3 Å². The number of rotatable bonds is 43. The molecule has 0 heterocycles. The molecule has 1 unspecified atom stereocenters. The quantitative estimate of drug-likeness (QED) is 0.0380. The van der Waals surface area contributed by atoms with Gasteiger partial charge in [0.15, 0.2) is 0 Å². The van der Waals surface area contributed by atoms with E-state index in [0.717, 1.165) is 77.0 Å². The van der Waals surface area contributed by atoms with Crippen molar-refractivity contribution in [3.63, 3.8) is 0 Å². The van der Waals surface area contributed by atoms with Gasteiger partial charge >= 0.3 is 5.97 Å². The molecule has 4 nitrogen and oxygen atoms in total. The van der Waals surface area contributed by atoms with Gasteiger partial charge in [0.2, 0.25) is 0 Å². The summed E-state index contributed by atoms with van der Waals surface area (Å²) in [5, 5.41) is 9.63. The Kier molecular flexibility index (Phi) is 47.1. The lowest BCUT2D eigenvalue weighted by Gasteiger charge is -2.15. The zero-order valence-electron chi connectivity index (χ0n) is 37.3. The van der Waals surface area contributed by atoms with Crippen molar-refractivity contribution < 1.29 is 19.4 Å². The fourth-order valence-electron chi connectivity index (χ4n) is 6.36. The number of aliphatic hydroxyl groups excluding tert-OH is 1. The summed E-state index contributed by atoms with van der Waals surface area (Å²) in [6.45, 7) is 5.17. The van der Waals surface area contributed by atoms with E-state index in [4.69, 9.17) is 9.47 Å². The van der Waals surface area contributed by atoms with Crippen LogP contribution in [0.1, 0.15) is 206 Å². The minimum atomic E-state index is -0.560. The molecule has 0 aromatic heterocycles. The van der Waals surface area contributed by atoms with Gasteiger partial charge in [-0.3, -0.25) is 4.79 Å². The van der Waals surface area contributed by atoms with Crippen LogP contribution in [0, 0.1) is 0 Å². The molecule has 0 bridgehead atoms. The van der Waals surface area contributed by atoms with Crippen LogP contribution in [0.25, 0.3) is 0 Å². The molecule has 0 saturated carbocycles. The maximum Gasteiger partial charge on any atom is 0.306 e. The third-order valence-corrected chi connectivity index (χ3v) is 9.89. The summed E-state index contributed by atoms with van der Waals surface area (Å²) in [6, 6.07) is 0. The van der Waals surface area contributed by atoms with Crippen LogP contribution in [-0.4, -0.2) is 37.0 Å². The summed E-state index contributed by atoms with van der Waals surface area (Å²) in [7, 11) is 0. The van der Waals surface area contributed by atoms with Crippen molar-refractivity contribution in [2.75, 3.05) is 19.8 Å². The normalized spacial score (nSPS) is 13.2. The van der Waals surface area contributed by atoms with Crippen LogP contribution >= 0.6 is 0 Å². The number of ether oxygens (including phenoxy) is 2. The highest BCUT2D eigenvalue weighted by Gasteiger charge is 2.13. The first-order valence-electron chi connectivity index (χ1n) is 23.8. The summed E-state index contributed by atoms with van der Waals surface area (Å²) in [5.41, 5.74) is 0. The predicted molar refractivity (Wildman–Crippen MR) is 251 cm³/mol. The predicted octanol–water partition coefficient (Wildman–Crippen LogP) is 16.1. The molecule has 57 heavy (non-hydrogen) atoms. The highest BCUT2D eigenvalue weighted by molar-refractivity contribution is 5.69. The number of hydrogen-bond acceptors (Lipinski definition) is 4. The number of carbonyl (C=O) groups excluding carboxylic acids is 1. The first-order valence-corrected chi connectivity index (χ1v) is 23.8. The molecule has 1 atom stereocenters. The first kappa shape index (κ1) is 54.3. The topological polar surface area (TPSA) is 55.8 Å². The van der Waals surface area contributed by atoms with Crippen molar-refractivity contribution >= 4 is 5.97 Å². The highest BCUT2D eigenvalue weighted by Crippen LogP contribution is 2.13. The van der Waals surface area contributed by atoms with Crippen LogP contribution < -0.4 is 0 Å². The van der Waals surface area contributed by atoms with Gasteiger partial charge in [-0.1, -0.05) is 201 Å². The average Bonchev–Trinajstić information content (AvgIpc) is 3.22. The Bertz CT molecular complexity index is 1060. The van der Waals surface area contributed by atoms with Crippen molar-refractivity contribution in [3.8, 4) is 0 Å². The fraction of sp³-hybridized carbons (Fsp3) is 0.679. The van der Waals surface area contributed by atoms with Crippen LogP contribution in [0.2, 0.25) is 0 Å². The Morgan fingerprint density at radius 2 is 0.789 bits per heavy atom. The van der Waals surface area contributed by atoms with Gasteiger partial charge in [-0.15, -0.1) is 0 Å². The largest absolute Gasteiger partial charge is 0.457 e. The van der Waals surface area contributed by atoms with E-state index in [-0.39, 0.29) is 19.2 Å². The molecule has 0 saturated heterocycles. The molecule has 0 fully saturated rings. The molecule has 0 radical (unpaired) electrons. The van der Waals surface area contributed by atoms with Crippen molar-refractivity contribution in [3.05, 3.63) is 97.2 Å². The van der Waals surface area contributed by atoms with Crippen LogP contribution in [0.3, 0.4) is 0 Å². The second-order valence-electron chi connectivity index (χ2n) is 15.4. The van der Waals surface area contributed by atoms with Crippen molar-refractivity contribution in [1.29, 1.82) is 0 Å². The van der Waals surface area contributed by atoms with E-state index in [1.165, 1.54) is 109 Å². The Balaban J connectivity index is 3.51. The lowest BCUT2D eigenvalue weighted by atomic mass is 10.1. The number of aliphatic hydroxyl groups is 1. The lowest BCUT2D eigenvalue weighted by Crippen LogP contribution is -2.27. The molecular formula is C53H90O4. The molecule has 0 spiro atoms. The number of allylic oxidation sites excluding steroid dienone is 16. The molecule has 0 aliphatic rings. The zero-order chi connectivity index (χ0) is 41.2. The summed E-state index contributed by atoms with van der Waals surface area (Å²) in [6.07, 6.45) is 70.5. The minimum absolute atomic E-state index is 0.192. The monoisotopic (exact) mass is 791 g/mol. The second-order valence-corrected chi connectivity index (χ2v) is 15.4. The molecule has 4 heteroatoms. The average molecular weight is 791 g/mol. The number of carbonyl (C=O) groups is 1. The van der Waals surface area contributed by atoms with Crippen LogP contribution in [0.15, 0.2) is 97.2 Å². The van der Waals surface area contributed by atoms with Crippen molar-refractivity contribution in [2.45, 2.75) is 213 Å². The lowest BCUT2D eigenvalue weighted by molar-refractivity contribution is -0.154. The molecule has 326 valence electrons. The molecule has 0 aromatic carbocycles. The maximum atomic E-state index is 12.2. The summed E-state index contributed by atoms with van der Waals surface area (Å²) >= 11 is 0. The molecule has 0 aromatic rings. The first-order chi connectivity index (χ1) is 28.2. The standard InChI is InChI=1S/C53H90O4/c1-3-5-7-9-11-13-15-17-19-21-23-24-25-26-27-28-29-31-33-35-37-39-41-43-45-47-49-56-51-52(50-54)57-53(55)48-46-44-42-40-38-36-34-32-30-22-20-18-16-14-12-10-8-6-4-2/h6,8,12,14-15,17-18,20-21,23,25-26,30,32,36,38,52,54H,3-5,7,9-11,13,16,19,22,24,27-29,31,33-35,37,39-51H2,1-2H3/b8-6-,14-12-,17-15-,20-18-,23-21-,26-25-,32-30-,38-36-. The molecule has 0 amide bonds. The van der Waals surface area contributed by atoms with Crippen molar-refractivity contribution in [1.82, 2.24) is 0 Å². The third-order valence-electron chi connectivity index (χ3n) is 9.89. The van der Waals surface area contributed by atoms with Crippen LogP contribution in [0.4, 0.5) is 0 Å². The molecular weight excluding hydrogens is 701 g/mol. The maximum absolute atomic E-state index is 12.2. The second kappa shape index (κ2) is 49.5. The highest BCUT2D eigenvalue weighted by atomic mass is 16.6. The van der Waals surface area contributed by atoms with Crippen molar-refractivity contribution in [2.24, 2.45) is 0 Å². The SMILES string of the molecule is CC/C=C\C/C=C\C/C=C\C/C=C\C/C=C\CCCCCC(=O)OC(CO)COCCCCCCCCCCCCC/C=C\C/C=C\C/C=C\CCCCCCC. The Hall–Kier alpha value is -2.69. The van der Waals surface area contributed by atoms with Crippen LogP contribution in [-0.2, 0) is 14.3 Å². The number of unbranched alkanes of at least 4 members (excludes halogenated alkanes) is 19. The van der Waals surface area contributed by atoms with Crippen LogP contribution in [0.5, 0.6) is 0 Å². The van der Waals surface area contributed by atoms with E-state index in [1.54, 1.807) is 0 Å². The van der Waals surface area contributed by atoms with Gasteiger partial charge in [0, 0.05) is 13.0 Å². The van der Waals surface area contributed by atoms with Gasteiger partial charge < -0.3 is 14.6 Å². The summed E-state index contributed by atoms with van der Waals surface area (Å²) < 4.78 is 11.2. The fourth-order valence-corrected chi connectivity index (χ4v) is 6.36. The van der Waals surface area contributed by atoms with E-state index in [9.17, 15) is 9.90 Å². The molecule has 1 N–H and O–H groups in total. The van der Waals surface area contributed by atoms with Gasteiger partial charge in [0.05, 0.1) is 13.2 Å². The summed E-state index contributed by atoms with van der Waals surface area (Å²) in [5.74, 6) is -0.235. The Morgan fingerprint density at radius 1 is 0.439 bits per heavy atom.